The Balaban J connectivity index is 1.78. The van der Waals surface area contributed by atoms with E-state index < -0.39 is 6.04 Å². The standard InChI is InChI=1S/C19H24N2O3/c1-11-8-12(2)17-14(10-24-18(17)13(11)3)9-16(22)21-15-6-4-5-7-20-19(15)23/h8,10,15H,4-7,9H2,1-3H3,(H,20,23)(H,21,22)/t15-/m0/s1. The number of carbonyl (C=O) groups excluding carboxylic acids is 2. The number of carbonyl (C=O) groups is 2. The van der Waals surface area contributed by atoms with E-state index in [-0.39, 0.29) is 18.2 Å². The summed E-state index contributed by atoms with van der Waals surface area (Å²) in [6, 6.07) is 1.69. The number of furan rings is 1. The molecule has 2 amide bonds. The highest BCUT2D eigenvalue weighted by Gasteiger charge is 2.23. The zero-order valence-corrected chi connectivity index (χ0v) is 14.5. The third-order valence-electron chi connectivity index (χ3n) is 4.85. The summed E-state index contributed by atoms with van der Waals surface area (Å²) < 4.78 is 5.71. The lowest BCUT2D eigenvalue weighted by molar-refractivity contribution is -0.128. The van der Waals surface area contributed by atoms with Gasteiger partial charge in [-0.05, 0) is 56.7 Å². The minimum absolute atomic E-state index is 0.0828. The molecular formula is C19H24N2O3. The minimum Gasteiger partial charge on any atom is -0.464 e. The number of nitrogens with one attached hydrogen (secondary N) is 2. The summed E-state index contributed by atoms with van der Waals surface area (Å²) in [5, 5.41) is 6.72. The van der Waals surface area contributed by atoms with Gasteiger partial charge in [-0.15, -0.1) is 0 Å². The van der Waals surface area contributed by atoms with Crippen LogP contribution in [0, 0.1) is 20.8 Å². The van der Waals surface area contributed by atoms with Crippen molar-refractivity contribution in [3.63, 3.8) is 0 Å². The summed E-state index contributed by atoms with van der Waals surface area (Å²) in [6.45, 7) is 6.81. The first kappa shape index (κ1) is 16.6. The third kappa shape index (κ3) is 3.16. The van der Waals surface area contributed by atoms with Crippen LogP contribution in [0.25, 0.3) is 11.0 Å². The topological polar surface area (TPSA) is 71.3 Å². The highest BCUT2D eigenvalue weighted by Crippen LogP contribution is 2.30. The number of benzene rings is 1. The van der Waals surface area contributed by atoms with E-state index >= 15 is 0 Å². The minimum atomic E-state index is -0.428. The SMILES string of the molecule is Cc1cc(C)c2c(CC(=O)N[C@H]3CCCCNC3=O)coc2c1C. The summed E-state index contributed by atoms with van der Waals surface area (Å²) in [4.78, 5) is 24.4. The molecule has 3 rings (SSSR count). The summed E-state index contributed by atoms with van der Waals surface area (Å²) >= 11 is 0. The van der Waals surface area contributed by atoms with Gasteiger partial charge in [-0.1, -0.05) is 6.07 Å². The first-order valence-corrected chi connectivity index (χ1v) is 8.51. The molecule has 0 spiro atoms. The second-order valence-electron chi connectivity index (χ2n) is 6.68. The highest BCUT2D eigenvalue weighted by molar-refractivity contribution is 5.93. The maximum atomic E-state index is 12.4. The molecular weight excluding hydrogens is 304 g/mol. The van der Waals surface area contributed by atoms with Crippen LogP contribution in [-0.2, 0) is 16.0 Å². The molecule has 5 heteroatoms. The van der Waals surface area contributed by atoms with Crippen molar-refractivity contribution in [2.24, 2.45) is 0 Å². The van der Waals surface area contributed by atoms with Gasteiger partial charge in [0.1, 0.15) is 11.6 Å². The van der Waals surface area contributed by atoms with Crippen LogP contribution in [0.1, 0.15) is 41.5 Å². The van der Waals surface area contributed by atoms with E-state index in [4.69, 9.17) is 4.42 Å². The van der Waals surface area contributed by atoms with E-state index in [9.17, 15) is 9.59 Å². The van der Waals surface area contributed by atoms with E-state index in [1.54, 1.807) is 6.26 Å². The molecule has 1 aliphatic heterocycles. The van der Waals surface area contributed by atoms with E-state index in [0.29, 0.717) is 13.0 Å². The van der Waals surface area contributed by atoms with Crippen molar-refractivity contribution in [2.45, 2.75) is 52.5 Å². The summed E-state index contributed by atoms with van der Waals surface area (Å²) in [5.41, 5.74) is 5.11. The van der Waals surface area contributed by atoms with Crippen molar-refractivity contribution in [1.82, 2.24) is 10.6 Å². The van der Waals surface area contributed by atoms with Crippen molar-refractivity contribution in [2.75, 3.05) is 6.54 Å². The molecule has 1 aromatic heterocycles. The van der Waals surface area contributed by atoms with Crippen LogP contribution in [0.15, 0.2) is 16.7 Å². The molecule has 0 bridgehead atoms. The molecule has 0 unspecified atom stereocenters. The fourth-order valence-corrected chi connectivity index (χ4v) is 3.41. The number of hydrogen-bond acceptors (Lipinski definition) is 3. The van der Waals surface area contributed by atoms with Gasteiger partial charge in [0.2, 0.25) is 11.8 Å². The lowest BCUT2D eigenvalue weighted by atomic mass is 9.99. The summed E-state index contributed by atoms with van der Waals surface area (Å²) in [5.74, 6) is -0.224. The van der Waals surface area contributed by atoms with Crippen LogP contribution in [-0.4, -0.2) is 24.4 Å². The lowest BCUT2D eigenvalue weighted by Crippen LogP contribution is -2.45. The average Bonchev–Trinajstić information content (AvgIpc) is 2.84. The Hall–Kier alpha value is -2.30. The van der Waals surface area contributed by atoms with Gasteiger partial charge in [0.05, 0.1) is 12.7 Å². The Bertz CT molecular complexity index is 791. The zero-order valence-electron chi connectivity index (χ0n) is 14.5. The molecule has 1 saturated heterocycles. The molecule has 24 heavy (non-hydrogen) atoms. The van der Waals surface area contributed by atoms with Crippen LogP contribution in [0.3, 0.4) is 0 Å². The Kier molecular flexibility index (Phi) is 4.60. The number of amides is 2. The molecule has 0 aliphatic carbocycles. The monoisotopic (exact) mass is 328 g/mol. The summed E-state index contributed by atoms with van der Waals surface area (Å²) in [7, 11) is 0. The smallest absolute Gasteiger partial charge is 0.242 e. The predicted molar refractivity (Wildman–Crippen MR) is 92.9 cm³/mol. The highest BCUT2D eigenvalue weighted by atomic mass is 16.3. The van der Waals surface area contributed by atoms with Gasteiger partial charge in [-0.3, -0.25) is 9.59 Å². The molecule has 2 heterocycles. The molecule has 0 saturated carbocycles. The van der Waals surface area contributed by atoms with Gasteiger partial charge in [-0.2, -0.15) is 0 Å². The van der Waals surface area contributed by atoms with Crippen molar-refractivity contribution >= 4 is 22.8 Å². The Morgan fingerprint density at radius 2 is 2.08 bits per heavy atom. The second kappa shape index (κ2) is 6.67. The number of hydrogen-bond donors (Lipinski definition) is 2. The summed E-state index contributed by atoms with van der Waals surface area (Å²) in [6.07, 6.45) is 4.48. The molecule has 128 valence electrons. The van der Waals surface area contributed by atoms with Crippen molar-refractivity contribution in [3.05, 3.63) is 34.6 Å². The van der Waals surface area contributed by atoms with E-state index in [1.165, 1.54) is 5.56 Å². The molecule has 1 fully saturated rings. The third-order valence-corrected chi connectivity index (χ3v) is 4.85. The first-order valence-electron chi connectivity index (χ1n) is 8.51. The maximum absolute atomic E-state index is 12.4. The molecule has 2 N–H and O–H groups in total. The Morgan fingerprint density at radius 3 is 2.88 bits per heavy atom. The molecule has 2 aromatic rings. The lowest BCUT2D eigenvalue weighted by Gasteiger charge is -2.15. The number of fused-ring (bicyclic) bond motifs is 1. The van der Waals surface area contributed by atoms with Crippen molar-refractivity contribution in [1.29, 1.82) is 0 Å². The largest absolute Gasteiger partial charge is 0.464 e. The quantitative estimate of drug-likeness (QED) is 0.910. The van der Waals surface area contributed by atoms with Crippen LogP contribution < -0.4 is 10.6 Å². The normalized spacial score (nSPS) is 18.3. The van der Waals surface area contributed by atoms with Gasteiger partial charge in [-0.25, -0.2) is 0 Å². The molecule has 0 radical (unpaired) electrons. The van der Waals surface area contributed by atoms with Gasteiger partial charge in [0.15, 0.2) is 0 Å². The van der Waals surface area contributed by atoms with Crippen LogP contribution in [0.2, 0.25) is 0 Å². The molecule has 1 aliphatic rings. The maximum Gasteiger partial charge on any atom is 0.242 e. The fourth-order valence-electron chi connectivity index (χ4n) is 3.41. The number of aryl methyl sites for hydroxylation is 3. The van der Waals surface area contributed by atoms with E-state index in [0.717, 1.165) is 40.5 Å². The second-order valence-corrected chi connectivity index (χ2v) is 6.68. The molecule has 1 aromatic carbocycles. The van der Waals surface area contributed by atoms with E-state index in [1.807, 2.05) is 13.8 Å². The Morgan fingerprint density at radius 1 is 1.29 bits per heavy atom. The molecule has 1 atom stereocenters. The van der Waals surface area contributed by atoms with Crippen LogP contribution >= 0.6 is 0 Å². The zero-order chi connectivity index (χ0) is 17.3. The van der Waals surface area contributed by atoms with Crippen molar-refractivity contribution < 1.29 is 14.0 Å². The first-order chi connectivity index (χ1) is 11.5. The van der Waals surface area contributed by atoms with Crippen LogP contribution in [0.5, 0.6) is 0 Å². The Labute approximate surface area is 141 Å². The molecule has 5 nitrogen and oxygen atoms in total. The predicted octanol–water partition coefficient (Wildman–Crippen LogP) is 2.69. The van der Waals surface area contributed by atoms with Crippen molar-refractivity contribution in [3.8, 4) is 0 Å². The fraction of sp³-hybridized carbons (Fsp3) is 0.474. The van der Waals surface area contributed by atoms with E-state index in [2.05, 4.69) is 23.6 Å². The van der Waals surface area contributed by atoms with Gasteiger partial charge in [0, 0.05) is 17.5 Å². The van der Waals surface area contributed by atoms with Crippen LogP contribution in [0.4, 0.5) is 0 Å². The van der Waals surface area contributed by atoms with Gasteiger partial charge in [0.25, 0.3) is 0 Å². The average molecular weight is 328 g/mol. The van der Waals surface area contributed by atoms with Gasteiger partial charge >= 0.3 is 0 Å². The number of rotatable bonds is 3. The van der Waals surface area contributed by atoms with Gasteiger partial charge < -0.3 is 15.1 Å².